The zero-order chi connectivity index (χ0) is 22.1. The van der Waals surface area contributed by atoms with Gasteiger partial charge in [-0.3, -0.25) is 9.78 Å². The van der Waals surface area contributed by atoms with Gasteiger partial charge in [0, 0.05) is 36.0 Å². The second kappa shape index (κ2) is 8.29. The first-order chi connectivity index (χ1) is 14.0. The van der Waals surface area contributed by atoms with E-state index >= 15 is 0 Å². The fourth-order valence-corrected chi connectivity index (χ4v) is 3.84. The van der Waals surface area contributed by atoms with Gasteiger partial charge in [0.2, 0.25) is 11.8 Å². The van der Waals surface area contributed by atoms with Gasteiger partial charge in [0.05, 0.1) is 11.6 Å². The molecule has 1 aliphatic rings. The van der Waals surface area contributed by atoms with Crippen LogP contribution >= 0.6 is 0 Å². The summed E-state index contributed by atoms with van der Waals surface area (Å²) in [5.41, 5.74) is 5.89. The SMILES string of the molecule is Cc1nccc(C(F)(F)F)c1-c1ccc(NC(=O)C(N)[C@H]2CCCC(F)(F)C2)cc1. The summed E-state index contributed by atoms with van der Waals surface area (Å²) in [5, 5.41) is 2.56. The number of nitrogens with two attached hydrogens (primary N) is 1. The molecule has 1 aromatic heterocycles. The van der Waals surface area contributed by atoms with Crippen LogP contribution in [0.1, 0.15) is 36.9 Å². The number of rotatable bonds is 4. The first-order valence-electron chi connectivity index (χ1n) is 9.55. The van der Waals surface area contributed by atoms with Gasteiger partial charge in [0.15, 0.2) is 0 Å². The lowest BCUT2D eigenvalue weighted by Crippen LogP contribution is -2.45. The number of anilines is 1. The van der Waals surface area contributed by atoms with Gasteiger partial charge in [0.1, 0.15) is 0 Å². The summed E-state index contributed by atoms with van der Waals surface area (Å²) in [5.74, 6) is -4.04. The third kappa shape index (κ3) is 4.95. The Morgan fingerprint density at radius 1 is 1.23 bits per heavy atom. The number of carbonyl (C=O) groups is 1. The standard InChI is InChI=1S/C21H22F5N3O/c1-12-17(16(8-10-28-12)21(24,25)26)13-4-6-15(7-5-13)29-19(30)18(27)14-3-2-9-20(22,23)11-14/h4-8,10,14,18H,2-3,9,11,27H2,1H3,(H,29,30)/t14-,18?/m0/s1. The van der Waals surface area contributed by atoms with Crippen molar-refractivity contribution in [2.24, 2.45) is 11.7 Å². The van der Waals surface area contributed by atoms with Crippen molar-refractivity contribution >= 4 is 11.6 Å². The van der Waals surface area contributed by atoms with Crippen LogP contribution in [0, 0.1) is 12.8 Å². The number of aromatic nitrogens is 1. The van der Waals surface area contributed by atoms with Crippen LogP contribution in [0.25, 0.3) is 11.1 Å². The number of carbonyl (C=O) groups excluding carboxylic acids is 1. The summed E-state index contributed by atoms with van der Waals surface area (Å²) in [6, 6.07) is 5.60. The monoisotopic (exact) mass is 427 g/mol. The number of hydrogen-bond donors (Lipinski definition) is 2. The summed E-state index contributed by atoms with van der Waals surface area (Å²) in [7, 11) is 0. The number of benzene rings is 1. The van der Waals surface area contributed by atoms with E-state index in [0.717, 1.165) is 12.3 Å². The Morgan fingerprint density at radius 2 is 1.90 bits per heavy atom. The van der Waals surface area contributed by atoms with E-state index in [1.165, 1.54) is 31.2 Å². The number of hydrogen-bond acceptors (Lipinski definition) is 3. The Morgan fingerprint density at radius 3 is 2.50 bits per heavy atom. The molecule has 0 radical (unpaired) electrons. The normalized spacial score (nSPS) is 19.9. The molecule has 9 heteroatoms. The van der Waals surface area contributed by atoms with E-state index in [1.807, 2.05) is 0 Å². The summed E-state index contributed by atoms with van der Waals surface area (Å²) < 4.78 is 67.2. The lowest BCUT2D eigenvalue weighted by Gasteiger charge is -2.31. The quantitative estimate of drug-likeness (QED) is 0.662. The van der Waals surface area contributed by atoms with Gasteiger partial charge in [-0.15, -0.1) is 0 Å². The minimum absolute atomic E-state index is 0.0379. The molecule has 1 aromatic carbocycles. The van der Waals surface area contributed by atoms with Crippen LogP contribution < -0.4 is 11.1 Å². The molecule has 3 rings (SSSR count). The molecule has 30 heavy (non-hydrogen) atoms. The third-order valence-corrected chi connectivity index (χ3v) is 5.38. The molecule has 0 bridgehead atoms. The molecule has 1 unspecified atom stereocenters. The largest absolute Gasteiger partial charge is 0.417 e. The Kier molecular flexibility index (Phi) is 6.12. The second-order valence-electron chi connectivity index (χ2n) is 7.62. The lowest BCUT2D eigenvalue weighted by atomic mass is 9.82. The summed E-state index contributed by atoms with van der Waals surface area (Å²) >= 11 is 0. The zero-order valence-electron chi connectivity index (χ0n) is 16.3. The van der Waals surface area contributed by atoms with Crippen LogP contribution in [0.15, 0.2) is 36.5 Å². The highest BCUT2D eigenvalue weighted by Gasteiger charge is 2.40. The van der Waals surface area contributed by atoms with Gasteiger partial charge in [-0.25, -0.2) is 8.78 Å². The number of aryl methyl sites for hydroxylation is 1. The predicted molar refractivity (Wildman–Crippen MR) is 103 cm³/mol. The van der Waals surface area contributed by atoms with Crippen LogP contribution in [-0.4, -0.2) is 22.9 Å². The van der Waals surface area contributed by atoms with E-state index in [-0.39, 0.29) is 17.7 Å². The van der Waals surface area contributed by atoms with E-state index in [4.69, 9.17) is 5.73 Å². The molecule has 1 aliphatic carbocycles. The minimum Gasteiger partial charge on any atom is -0.325 e. The van der Waals surface area contributed by atoms with E-state index in [9.17, 15) is 26.7 Å². The number of halogens is 5. The predicted octanol–water partition coefficient (Wildman–Crippen LogP) is 5.17. The van der Waals surface area contributed by atoms with Crippen LogP contribution in [0.3, 0.4) is 0 Å². The third-order valence-electron chi connectivity index (χ3n) is 5.38. The lowest BCUT2D eigenvalue weighted by molar-refractivity contribution is -0.137. The topological polar surface area (TPSA) is 68.0 Å². The Hall–Kier alpha value is -2.55. The summed E-state index contributed by atoms with van der Waals surface area (Å²) in [6.45, 7) is 1.49. The molecule has 1 fully saturated rings. The number of amides is 1. The molecular weight excluding hydrogens is 405 g/mol. The highest BCUT2D eigenvalue weighted by molar-refractivity contribution is 5.95. The molecule has 1 heterocycles. The van der Waals surface area contributed by atoms with Gasteiger partial charge in [-0.1, -0.05) is 12.1 Å². The molecule has 1 saturated carbocycles. The first kappa shape index (κ1) is 22.1. The van der Waals surface area contributed by atoms with Crippen LogP contribution in [0.4, 0.5) is 27.6 Å². The number of alkyl halides is 5. The Balaban J connectivity index is 1.75. The van der Waals surface area contributed by atoms with Crippen molar-refractivity contribution < 1.29 is 26.7 Å². The molecule has 162 valence electrons. The molecule has 0 spiro atoms. The van der Waals surface area contributed by atoms with Crippen LogP contribution in [-0.2, 0) is 11.0 Å². The maximum absolute atomic E-state index is 13.6. The van der Waals surface area contributed by atoms with Crippen molar-refractivity contribution in [3.05, 3.63) is 47.8 Å². The van der Waals surface area contributed by atoms with Gasteiger partial charge in [-0.2, -0.15) is 13.2 Å². The number of nitrogens with one attached hydrogen (secondary N) is 1. The average molecular weight is 427 g/mol. The number of pyridine rings is 1. The van der Waals surface area contributed by atoms with Crippen molar-refractivity contribution in [1.82, 2.24) is 4.98 Å². The number of nitrogens with zero attached hydrogens (tertiary/aromatic N) is 1. The van der Waals surface area contributed by atoms with Crippen LogP contribution in [0.5, 0.6) is 0 Å². The fourth-order valence-electron chi connectivity index (χ4n) is 3.84. The Labute approximate surface area is 170 Å². The van der Waals surface area contributed by atoms with Gasteiger partial charge in [0.25, 0.3) is 0 Å². The first-order valence-corrected chi connectivity index (χ1v) is 9.55. The van der Waals surface area contributed by atoms with E-state index in [2.05, 4.69) is 10.3 Å². The molecule has 0 saturated heterocycles. The van der Waals surface area contributed by atoms with Gasteiger partial charge in [-0.05, 0) is 49.4 Å². The maximum atomic E-state index is 13.6. The molecular formula is C21H22F5N3O. The molecule has 2 aromatic rings. The van der Waals surface area contributed by atoms with Gasteiger partial charge >= 0.3 is 6.18 Å². The summed E-state index contributed by atoms with van der Waals surface area (Å²) in [6.07, 6.45) is -3.31. The van der Waals surface area contributed by atoms with E-state index in [1.54, 1.807) is 0 Å². The van der Waals surface area contributed by atoms with Crippen molar-refractivity contribution in [2.75, 3.05) is 5.32 Å². The van der Waals surface area contributed by atoms with Crippen molar-refractivity contribution in [3.63, 3.8) is 0 Å². The average Bonchev–Trinajstić information content (AvgIpc) is 2.66. The second-order valence-corrected chi connectivity index (χ2v) is 7.62. The van der Waals surface area contributed by atoms with Gasteiger partial charge < -0.3 is 11.1 Å². The van der Waals surface area contributed by atoms with Crippen molar-refractivity contribution in [2.45, 2.75) is 50.7 Å². The van der Waals surface area contributed by atoms with Crippen LogP contribution in [0.2, 0.25) is 0 Å². The molecule has 3 N–H and O–H groups in total. The Bertz CT molecular complexity index is 912. The van der Waals surface area contributed by atoms with E-state index in [0.29, 0.717) is 24.1 Å². The molecule has 2 atom stereocenters. The molecule has 0 aliphatic heterocycles. The van der Waals surface area contributed by atoms with E-state index < -0.39 is 42.0 Å². The maximum Gasteiger partial charge on any atom is 0.417 e. The summed E-state index contributed by atoms with van der Waals surface area (Å²) in [4.78, 5) is 16.3. The molecule has 4 nitrogen and oxygen atoms in total. The highest BCUT2D eigenvalue weighted by Crippen LogP contribution is 2.39. The van der Waals surface area contributed by atoms with Crippen molar-refractivity contribution in [3.8, 4) is 11.1 Å². The molecule has 1 amide bonds. The van der Waals surface area contributed by atoms with Crippen molar-refractivity contribution in [1.29, 1.82) is 0 Å². The fraction of sp³-hybridized carbons (Fsp3) is 0.429. The minimum atomic E-state index is -4.54. The highest BCUT2D eigenvalue weighted by atomic mass is 19.4. The zero-order valence-corrected chi connectivity index (χ0v) is 16.3. The smallest absolute Gasteiger partial charge is 0.325 e.